The lowest BCUT2D eigenvalue weighted by Gasteiger charge is -2.17. The largest absolute Gasteiger partial charge is 0.346 e. The Hall–Kier alpha value is -4.19. The summed E-state index contributed by atoms with van der Waals surface area (Å²) in [4.78, 5) is 23.7. The quantitative estimate of drug-likeness (QED) is 0.442. The van der Waals surface area contributed by atoms with E-state index in [1.165, 1.54) is 6.33 Å². The van der Waals surface area contributed by atoms with Crippen LogP contribution in [0.4, 0.5) is 10.5 Å². The number of nitriles is 1. The van der Waals surface area contributed by atoms with E-state index in [0.29, 0.717) is 5.69 Å². The number of benzene rings is 1. The minimum absolute atomic E-state index is 0.0327. The maximum Gasteiger partial charge on any atom is 0.319 e. The van der Waals surface area contributed by atoms with Gasteiger partial charge in [0.05, 0.1) is 30.4 Å². The van der Waals surface area contributed by atoms with E-state index in [1.54, 1.807) is 10.9 Å². The molecule has 9 nitrogen and oxygen atoms in total. The van der Waals surface area contributed by atoms with Crippen LogP contribution in [0.15, 0.2) is 55.2 Å². The number of fused-ring (bicyclic) bond motifs is 1. The number of nitrogens with one attached hydrogen (secondary N) is 3. The lowest BCUT2D eigenvalue weighted by atomic mass is 10.0. The van der Waals surface area contributed by atoms with E-state index in [0.717, 1.165) is 27.9 Å². The Balaban J connectivity index is 1.63. The number of aromatic amines is 1. The standard InChI is InChI=1S/C22H22N8O/c1-14(2)28-22(31)29-17-5-3-4-15(10-17)19(6-8-23)30-12-16(11-27-30)20-18-7-9-24-21(18)26-13-25-20/h3-5,7,9-14,19H,6H2,1-2H3,(H,24,25,26)(H2,28,29,31). The number of urea groups is 1. The van der Waals surface area contributed by atoms with Gasteiger partial charge < -0.3 is 15.6 Å². The van der Waals surface area contributed by atoms with Gasteiger partial charge in [0.25, 0.3) is 0 Å². The van der Waals surface area contributed by atoms with Gasteiger partial charge in [0.1, 0.15) is 12.0 Å². The molecule has 1 aromatic carbocycles. The van der Waals surface area contributed by atoms with Crippen LogP contribution in [0, 0.1) is 11.3 Å². The highest BCUT2D eigenvalue weighted by atomic mass is 16.2. The number of H-pyrrole nitrogens is 1. The highest BCUT2D eigenvalue weighted by molar-refractivity contribution is 5.90. The zero-order valence-electron chi connectivity index (χ0n) is 17.2. The van der Waals surface area contributed by atoms with Gasteiger partial charge in [0, 0.05) is 35.1 Å². The van der Waals surface area contributed by atoms with Crippen molar-refractivity contribution in [2.45, 2.75) is 32.4 Å². The predicted molar refractivity (Wildman–Crippen MR) is 117 cm³/mol. The van der Waals surface area contributed by atoms with E-state index in [9.17, 15) is 10.1 Å². The summed E-state index contributed by atoms with van der Waals surface area (Å²) in [6.45, 7) is 3.79. The molecule has 0 fully saturated rings. The van der Waals surface area contributed by atoms with Crippen molar-refractivity contribution in [3.05, 3.63) is 60.8 Å². The number of aromatic nitrogens is 5. The average Bonchev–Trinajstić information content (AvgIpc) is 3.41. The normalized spacial score (nSPS) is 11.9. The number of carbonyl (C=O) groups is 1. The van der Waals surface area contributed by atoms with Crippen molar-refractivity contribution < 1.29 is 4.79 Å². The number of nitrogens with zero attached hydrogens (tertiary/aromatic N) is 5. The summed E-state index contributed by atoms with van der Waals surface area (Å²) in [5.74, 6) is 0. The first-order valence-electron chi connectivity index (χ1n) is 9.92. The van der Waals surface area contributed by atoms with Crippen LogP contribution in [0.2, 0.25) is 0 Å². The van der Waals surface area contributed by atoms with E-state index < -0.39 is 0 Å². The monoisotopic (exact) mass is 414 g/mol. The fourth-order valence-electron chi connectivity index (χ4n) is 3.44. The Labute approximate surface area is 179 Å². The van der Waals surface area contributed by atoms with Gasteiger partial charge >= 0.3 is 6.03 Å². The molecule has 4 rings (SSSR count). The van der Waals surface area contributed by atoms with Crippen LogP contribution in [0.5, 0.6) is 0 Å². The van der Waals surface area contributed by atoms with Crippen LogP contribution in [-0.4, -0.2) is 36.8 Å². The highest BCUT2D eigenvalue weighted by Crippen LogP contribution is 2.28. The third-order valence-corrected chi connectivity index (χ3v) is 4.78. The lowest BCUT2D eigenvalue weighted by Crippen LogP contribution is -2.34. The Morgan fingerprint density at radius 1 is 1.29 bits per heavy atom. The summed E-state index contributed by atoms with van der Waals surface area (Å²) in [6, 6.07) is 11.0. The Morgan fingerprint density at radius 2 is 2.16 bits per heavy atom. The maximum atomic E-state index is 12.0. The van der Waals surface area contributed by atoms with Crippen LogP contribution in [-0.2, 0) is 0 Å². The molecule has 156 valence electrons. The van der Waals surface area contributed by atoms with Gasteiger partial charge in [-0.2, -0.15) is 10.4 Å². The molecule has 0 saturated carbocycles. The van der Waals surface area contributed by atoms with Crippen LogP contribution < -0.4 is 10.6 Å². The SMILES string of the molecule is CC(C)NC(=O)Nc1cccc(C(CC#N)n2cc(-c3ncnc4[nH]ccc34)cn2)c1. The van der Waals surface area contributed by atoms with E-state index in [-0.39, 0.29) is 24.5 Å². The first kappa shape index (κ1) is 20.1. The maximum absolute atomic E-state index is 12.0. The van der Waals surface area contributed by atoms with E-state index >= 15 is 0 Å². The molecule has 4 aromatic rings. The first-order chi connectivity index (χ1) is 15.0. The average molecular weight is 414 g/mol. The topological polar surface area (TPSA) is 124 Å². The molecular formula is C22H22N8O. The smallest absolute Gasteiger partial charge is 0.319 e. The molecule has 0 aliphatic carbocycles. The molecule has 1 unspecified atom stereocenters. The second kappa shape index (κ2) is 8.67. The van der Waals surface area contributed by atoms with Crippen LogP contribution >= 0.6 is 0 Å². The summed E-state index contributed by atoms with van der Waals surface area (Å²) in [6.07, 6.45) is 7.17. The summed E-state index contributed by atoms with van der Waals surface area (Å²) in [5.41, 5.74) is 3.88. The van der Waals surface area contributed by atoms with Gasteiger partial charge in [-0.3, -0.25) is 4.68 Å². The van der Waals surface area contributed by atoms with Crippen LogP contribution in [0.25, 0.3) is 22.3 Å². The lowest BCUT2D eigenvalue weighted by molar-refractivity contribution is 0.250. The summed E-state index contributed by atoms with van der Waals surface area (Å²) < 4.78 is 1.76. The molecule has 3 aromatic heterocycles. The van der Waals surface area contributed by atoms with Crippen LogP contribution in [0.1, 0.15) is 31.9 Å². The van der Waals surface area contributed by atoms with Crippen molar-refractivity contribution in [1.82, 2.24) is 30.0 Å². The molecule has 0 spiro atoms. The van der Waals surface area contributed by atoms with E-state index in [1.807, 2.05) is 56.6 Å². The molecule has 2 amide bonds. The minimum atomic E-state index is -0.308. The van der Waals surface area contributed by atoms with Crippen molar-refractivity contribution >= 4 is 22.8 Å². The van der Waals surface area contributed by atoms with Gasteiger partial charge in [-0.15, -0.1) is 0 Å². The molecule has 0 bridgehead atoms. The Morgan fingerprint density at radius 3 is 2.97 bits per heavy atom. The number of hydrogen-bond acceptors (Lipinski definition) is 5. The molecule has 0 saturated heterocycles. The van der Waals surface area contributed by atoms with Gasteiger partial charge in [-0.05, 0) is 37.6 Å². The zero-order chi connectivity index (χ0) is 21.8. The van der Waals surface area contributed by atoms with Crippen molar-refractivity contribution in [2.75, 3.05) is 5.32 Å². The number of carbonyl (C=O) groups excluding carboxylic acids is 1. The van der Waals surface area contributed by atoms with E-state index in [4.69, 9.17) is 0 Å². The molecule has 3 heterocycles. The van der Waals surface area contributed by atoms with Gasteiger partial charge in [-0.25, -0.2) is 14.8 Å². The summed E-state index contributed by atoms with van der Waals surface area (Å²) >= 11 is 0. The molecule has 0 radical (unpaired) electrons. The second-order valence-electron chi connectivity index (χ2n) is 7.43. The molecule has 31 heavy (non-hydrogen) atoms. The molecule has 1 atom stereocenters. The van der Waals surface area contributed by atoms with Crippen molar-refractivity contribution in [2.24, 2.45) is 0 Å². The molecule has 3 N–H and O–H groups in total. The Kier molecular flexibility index (Phi) is 5.62. The second-order valence-corrected chi connectivity index (χ2v) is 7.43. The molecule has 0 aliphatic rings. The minimum Gasteiger partial charge on any atom is -0.346 e. The third kappa shape index (κ3) is 4.38. The van der Waals surface area contributed by atoms with Gasteiger partial charge in [0.2, 0.25) is 0 Å². The van der Waals surface area contributed by atoms with Crippen molar-refractivity contribution in [1.29, 1.82) is 5.26 Å². The van der Waals surface area contributed by atoms with Gasteiger partial charge in [0.15, 0.2) is 0 Å². The number of rotatable bonds is 6. The third-order valence-electron chi connectivity index (χ3n) is 4.78. The van der Waals surface area contributed by atoms with Crippen molar-refractivity contribution in [3.63, 3.8) is 0 Å². The van der Waals surface area contributed by atoms with E-state index in [2.05, 4.69) is 36.8 Å². The fraction of sp³-hybridized carbons (Fsp3) is 0.227. The predicted octanol–water partition coefficient (Wildman–Crippen LogP) is 3.85. The fourth-order valence-corrected chi connectivity index (χ4v) is 3.44. The summed E-state index contributed by atoms with van der Waals surface area (Å²) in [5, 5.41) is 20.4. The summed E-state index contributed by atoms with van der Waals surface area (Å²) in [7, 11) is 0. The molecule has 0 aliphatic heterocycles. The Bertz CT molecular complexity index is 1250. The first-order valence-corrected chi connectivity index (χ1v) is 9.92. The molecular weight excluding hydrogens is 392 g/mol. The highest BCUT2D eigenvalue weighted by Gasteiger charge is 2.18. The van der Waals surface area contributed by atoms with Crippen LogP contribution in [0.3, 0.4) is 0 Å². The van der Waals surface area contributed by atoms with Gasteiger partial charge in [-0.1, -0.05) is 12.1 Å². The number of anilines is 1. The number of hydrogen-bond donors (Lipinski definition) is 3. The number of amides is 2. The molecule has 9 heteroatoms. The zero-order valence-corrected chi connectivity index (χ0v) is 17.2. The van der Waals surface area contributed by atoms with Crippen molar-refractivity contribution in [3.8, 4) is 17.3 Å².